The van der Waals surface area contributed by atoms with Gasteiger partial charge in [0.2, 0.25) is 0 Å². The van der Waals surface area contributed by atoms with Crippen molar-refractivity contribution in [3.8, 4) is 0 Å². The van der Waals surface area contributed by atoms with Gasteiger partial charge >= 0.3 is 5.97 Å². The lowest BCUT2D eigenvalue weighted by molar-refractivity contribution is -0.163. The quantitative estimate of drug-likeness (QED) is 0.241. The molecule has 0 aromatic rings. The van der Waals surface area contributed by atoms with Crippen LogP contribution in [0.2, 0.25) is 0 Å². The second kappa shape index (κ2) is 8.87. The molecule has 0 spiro atoms. The zero-order valence-corrected chi connectivity index (χ0v) is 20.8. The smallest absolute Gasteiger partial charge is 0.306 e. The van der Waals surface area contributed by atoms with Crippen LogP contribution in [0.5, 0.6) is 0 Å². The fourth-order valence-electron chi connectivity index (χ4n) is 8.60. The van der Waals surface area contributed by atoms with Gasteiger partial charge in [-0.1, -0.05) is 29.8 Å². The highest BCUT2D eigenvalue weighted by Gasteiger charge is 2.60. The highest BCUT2D eigenvalue weighted by atomic mass is 79.9. The number of halogens is 1. The van der Waals surface area contributed by atoms with E-state index in [1.165, 1.54) is 38.5 Å². The Balaban J connectivity index is 1.40. The monoisotopic (exact) mass is 480 g/mol. The molecule has 0 aromatic carbocycles. The number of esters is 1. The van der Waals surface area contributed by atoms with Crippen molar-refractivity contribution in [2.45, 2.75) is 104 Å². The van der Waals surface area contributed by atoms with Gasteiger partial charge in [-0.25, -0.2) is 0 Å². The predicted octanol–water partition coefficient (Wildman–Crippen LogP) is 6.71. The lowest BCUT2D eigenvalue weighted by Crippen LogP contribution is -2.54. The predicted molar refractivity (Wildman–Crippen MR) is 123 cm³/mol. The van der Waals surface area contributed by atoms with Gasteiger partial charge in [0.05, 0.1) is 0 Å². The Kier molecular flexibility index (Phi) is 6.74. The van der Waals surface area contributed by atoms with Crippen molar-refractivity contribution in [3.05, 3.63) is 0 Å². The van der Waals surface area contributed by atoms with Crippen LogP contribution < -0.4 is 0 Å². The molecule has 30 heavy (non-hydrogen) atoms. The molecule has 8 atom stereocenters. The summed E-state index contributed by atoms with van der Waals surface area (Å²) in [5.74, 6) is 3.78. The van der Waals surface area contributed by atoms with Crippen molar-refractivity contribution in [1.82, 2.24) is 0 Å². The van der Waals surface area contributed by atoms with Gasteiger partial charge in [0.15, 0.2) is 0 Å². The summed E-state index contributed by atoms with van der Waals surface area (Å²) < 4.78 is 5.90. The molecule has 0 amide bonds. The zero-order chi connectivity index (χ0) is 21.5. The maximum atomic E-state index is 12.3. The third-order valence-corrected chi connectivity index (χ3v) is 10.7. The van der Waals surface area contributed by atoms with E-state index >= 15 is 0 Å². The molecule has 4 aliphatic carbocycles. The van der Waals surface area contributed by atoms with Crippen LogP contribution in [-0.4, -0.2) is 23.2 Å². The van der Waals surface area contributed by atoms with Crippen LogP contribution >= 0.6 is 15.9 Å². The number of rotatable bonds is 6. The fourth-order valence-corrected chi connectivity index (χ4v) is 9.00. The lowest BCUT2D eigenvalue weighted by Gasteiger charge is -2.61. The third kappa shape index (κ3) is 3.92. The number of ketones is 1. The molecule has 170 valence electrons. The summed E-state index contributed by atoms with van der Waals surface area (Å²) >= 11 is 3.43. The van der Waals surface area contributed by atoms with E-state index in [1.807, 2.05) is 6.92 Å². The number of fused-ring (bicyclic) bond motifs is 5. The summed E-state index contributed by atoms with van der Waals surface area (Å²) in [5.41, 5.74) is 0.648. The maximum absolute atomic E-state index is 12.3. The number of ether oxygens (including phenoxy) is 1. The number of hydrogen-bond acceptors (Lipinski definition) is 3. The Bertz CT molecular complexity index is 663. The molecule has 4 heteroatoms. The fraction of sp³-hybridized carbons (Fsp3) is 0.923. The van der Waals surface area contributed by atoms with E-state index in [1.54, 1.807) is 0 Å². The molecular formula is C26H41BrO3. The first-order valence-corrected chi connectivity index (χ1v) is 13.7. The molecule has 0 heterocycles. The average Bonchev–Trinajstić information content (AvgIpc) is 3.06. The molecule has 0 aliphatic heterocycles. The number of unbranched alkanes of at least 4 members (excludes halogenated alkanes) is 1. The highest BCUT2D eigenvalue weighted by Crippen LogP contribution is 2.67. The second-order valence-corrected chi connectivity index (χ2v) is 12.3. The van der Waals surface area contributed by atoms with Crippen LogP contribution in [0.25, 0.3) is 0 Å². The summed E-state index contributed by atoms with van der Waals surface area (Å²) in [6, 6.07) is 0. The normalized spacial score (nSPS) is 45.2. The molecule has 4 rings (SSSR count). The van der Waals surface area contributed by atoms with E-state index in [2.05, 4.69) is 29.8 Å². The molecule has 4 unspecified atom stereocenters. The van der Waals surface area contributed by atoms with Crippen LogP contribution in [0.4, 0.5) is 0 Å². The molecule has 0 aromatic heterocycles. The molecule has 0 radical (unpaired) electrons. The molecule has 0 bridgehead atoms. The average molecular weight is 482 g/mol. The summed E-state index contributed by atoms with van der Waals surface area (Å²) in [7, 11) is 0. The van der Waals surface area contributed by atoms with Gasteiger partial charge in [0.25, 0.3) is 0 Å². The van der Waals surface area contributed by atoms with E-state index < -0.39 is 0 Å². The molecule has 4 fully saturated rings. The van der Waals surface area contributed by atoms with Gasteiger partial charge in [-0.2, -0.15) is 0 Å². The van der Waals surface area contributed by atoms with Crippen molar-refractivity contribution < 1.29 is 14.3 Å². The first-order valence-electron chi connectivity index (χ1n) is 12.6. The minimum absolute atomic E-state index is 0.00732. The topological polar surface area (TPSA) is 43.4 Å². The molecule has 0 saturated heterocycles. The maximum Gasteiger partial charge on any atom is 0.306 e. The molecule has 0 N–H and O–H groups in total. The van der Waals surface area contributed by atoms with Crippen LogP contribution in [0.3, 0.4) is 0 Å². The van der Waals surface area contributed by atoms with Crippen molar-refractivity contribution in [2.75, 3.05) is 5.33 Å². The van der Waals surface area contributed by atoms with Gasteiger partial charge in [0, 0.05) is 17.7 Å². The highest BCUT2D eigenvalue weighted by molar-refractivity contribution is 9.09. The molecule has 4 aliphatic rings. The van der Waals surface area contributed by atoms with E-state index in [-0.39, 0.29) is 17.5 Å². The van der Waals surface area contributed by atoms with Gasteiger partial charge < -0.3 is 4.74 Å². The Morgan fingerprint density at radius 2 is 1.67 bits per heavy atom. The van der Waals surface area contributed by atoms with Gasteiger partial charge in [-0.05, 0) is 112 Å². The van der Waals surface area contributed by atoms with Crippen LogP contribution in [0.1, 0.15) is 97.8 Å². The number of alkyl halides is 1. The molecule has 3 nitrogen and oxygen atoms in total. The van der Waals surface area contributed by atoms with Crippen LogP contribution in [-0.2, 0) is 14.3 Å². The standard InChI is InChI=1S/C26H41BrO3/c1-17(28)21-9-10-22-20-8-7-18-16-19(30-24(29)6-4-5-15-27)11-13-25(18,2)23(20)12-14-26(21,22)3/h18-23H,4-16H2,1-3H3/t18-,19+,20?,21?,22-,23-,25?,26?/m0/s1. The summed E-state index contributed by atoms with van der Waals surface area (Å²) in [6.45, 7) is 6.82. The Morgan fingerprint density at radius 3 is 2.40 bits per heavy atom. The zero-order valence-electron chi connectivity index (χ0n) is 19.3. The summed E-state index contributed by atoms with van der Waals surface area (Å²) in [4.78, 5) is 24.6. The van der Waals surface area contributed by atoms with Crippen molar-refractivity contribution in [1.29, 1.82) is 0 Å². The Morgan fingerprint density at radius 1 is 0.933 bits per heavy atom. The third-order valence-electron chi connectivity index (χ3n) is 10.2. The van der Waals surface area contributed by atoms with E-state index in [4.69, 9.17) is 4.74 Å². The molecule has 4 saturated carbocycles. The van der Waals surface area contributed by atoms with Gasteiger partial charge in [-0.3, -0.25) is 9.59 Å². The lowest BCUT2D eigenvalue weighted by atomic mass is 9.44. The van der Waals surface area contributed by atoms with E-state index in [9.17, 15) is 9.59 Å². The Hall–Kier alpha value is -0.380. The first-order chi connectivity index (χ1) is 14.3. The van der Waals surface area contributed by atoms with Crippen molar-refractivity contribution in [2.24, 2.45) is 40.4 Å². The van der Waals surface area contributed by atoms with Crippen molar-refractivity contribution in [3.63, 3.8) is 0 Å². The molecular weight excluding hydrogens is 440 g/mol. The number of Topliss-reactive ketones (excluding diaryl/α,β-unsaturated/α-hetero) is 1. The Labute approximate surface area is 191 Å². The van der Waals surface area contributed by atoms with Crippen LogP contribution in [0.15, 0.2) is 0 Å². The SMILES string of the molecule is CC(=O)C1CC[C@H]2C3CC[C@H]4C[C@H](OC(=O)CCCCBr)CCC4(C)[C@H]3CCC12C. The van der Waals surface area contributed by atoms with E-state index in [0.717, 1.165) is 55.2 Å². The summed E-state index contributed by atoms with van der Waals surface area (Å²) in [5, 5.41) is 0.958. The minimum Gasteiger partial charge on any atom is -0.462 e. The van der Waals surface area contributed by atoms with E-state index in [0.29, 0.717) is 29.5 Å². The largest absolute Gasteiger partial charge is 0.462 e. The van der Waals surface area contributed by atoms with Crippen LogP contribution in [0, 0.1) is 40.4 Å². The van der Waals surface area contributed by atoms with Crippen molar-refractivity contribution >= 4 is 27.7 Å². The van der Waals surface area contributed by atoms with Gasteiger partial charge in [-0.15, -0.1) is 0 Å². The summed E-state index contributed by atoms with van der Waals surface area (Å²) in [6.07, 6.45) is 13.5. The first kappa shape index (κ1) is 22.8. The van der Waals surface area contributed by atoms with Gasteiger partial charge in [0.1, 0.15) is 11.9 Å². The number of hydrogen-bond donors (Lipinski definition) is 0. The minimum atomic E-state index is 0.00732. The second-order valence-electron chi connectivity index (χ2n) is 11.5. The number of carbonyl (C=O) groups is 2. The number of carbonyl (C=O) groups excluding carboxylic acids is 2.